The molecule has 6 heterocycles. The summed E-state index contributed by atoms with van der Waals surface area (Å²) in [4.78, 5) is 106. The largest absolute Gasteiger partial charge is 0.383 e. The Kier molecular flexibility index (Phi) is 14.5. The maximum absolute atomic E-state index is 13.2. The van der Waals surface area contributed by atoms with Gasteiger partial charge in [0.15, 0.2) is 0 Å². The molecule has 3 unspecified atom stereocenters. The fourth-order valence-electron chi connectivity index (χ4n) is 9.22. The molecule has 0 aliphatic carbocycles. The second-order valence-corrected chi connectivity index (χ2v) is 18.7. The minimum Gasteiger partial charge on any atom is -0.383 e. The molecule has 0 radical (unpaired) electrons. The van der Waals surface area contributed by atoms with Gasteiger partial charge < -0.3 is 31.5 Å². The summed E-state index contributed by atoms with van der Waals surface area (Å²) in [5.41, 5.74) is 6.31. The summed E-state index contributed by atoms with van der Waals surface area (Å²) in [6.07, 6.45) is 2.83. The number of fused-ring (bicyclic) bond motifs is 3. The number of anilines is 3. The Morgan fingerprint density at radius 2 is 1.12 bits per heavy atom. The maximum Gasteiger partial charge on any atom is 0.264 e. The summed E-state index contributed by atoms with van der Waals surface area (Å²) >= 11 is 0. The molecule has 3 fully saturated rings. The second-order valence-electron chi connectivity index (χ2n) is 18.7. The van der Waals surface area contributed by atoms with Gasteiger partial charge in [-0.3, -0.25) is 53.1 Å². The third-order valence-corrected chi connectivity index (χ3v) is 12.2. The van der Waals surface area contributed by atoms with Crippen LogP contribution < -0.4 is 37.5 Å². The third kappa shape index (κ3) is 10.3. The van der Waals surface area contributed by atoms with Crippen molar-refractivity contribution in [2.45, 2.75) is 130 Å². The van der Waals surface area contributed by atoms with Gasteiger partial charge in [0.25, 0.3) is 23.3 Å². The van der Waals surface area contributed by atoms with Crippen molar-refractivity contribution < 1.29 is 33.6 Å². The molecule has 5 aliphatic heterocycles. The van der Waals surface area contributed by atoms with Crippen molar-refractivity contribution in [1.82, 2.24) is 35.3 Å². The van der Waals surface area contributed by atoms with Gasteiger partial charge in [-0.25, -0.2) is 4.98 Å². The number of aryl methyl sites for hydroxylation is 1. The number of amides is 7. The van der Waals surface area contributed by atoms with Crippen LogP contribution in [0.2, 0.25) is 0 Å². The van der Waals surface area contributed by atoms with Crippen LogP contribution in [0.15, 0.2) is 83.9 Å². The van der Waals surface area contributed by atoms with Crippen molar-refractivity contribution in [1.29, 1.82) is 0 Å². The predicted molar refractivity (Wildman–Crippen MR) is 262 cm³/mol. The van der Waals surface area contributed by atoms with E-state index in [1.807, 2.05) is 71.9 Å². The molecule has 0 bridgehead atoms. The molecule has 6 N–H and O–H groups in total. The molecule has 0 saturated carbocycles. The molecule has 1 aromatic heterocycles. The van der Waals surface area contributed by atoms with E-state index in [0.717, 1.165) is 21.8 Å². The third-order valence-electron chi connectivity index (χ3n) is 12.2. The number of piperidine rings is 3. The first-order valence-electron chi connectivity index (χ1n) is 23.3. The summed E-state index contributed by atoms with van der Waals surface area (Å²) in [5.74, 6) is -1.63. The SMILES string of the molecule is C=C1CCC(N2C(=O)c3cccc(NC(C)C)c3C2=O)C(=O)N1.C=C1CCC(n2c(C)nc3cccc(NC(C)C)c3c2=O)C(=O)N1.CC(C)Nc1cccc2c1CN(C1CCC(=O)NC1=O)C2=O. The smallest absolute Gasteiger partial charge is 0.264 e. The van der Waals surface area contributed by atoms with Gasteiger partial charge in [-0.05, 0) is 117 Å². The van der Waals surface area contributed by atoms with Crippen LogP contribution in [0.25, 0.3) is 10.9 Å². The van der Waals surface area contributed by atoms with Crippen molar-refractivity contribution in [2.75, 3.05) is 16.0 Å². The standard InChI is InChI=1S/C18H22N4O2.C17H19N3O3.C16H19N3O3/c1-10(2)19-13-6-5-7-14-16(13)18(24)22(12(4)21-14)15-9-8-11(3)20-17(15)23;1-9(2)18-12-6-4-5-11-14(12)17(23)20(16(11)22)13-8-7-10(3)19-15(13)21;1-9(2)17-12-5-3-4-10-11(12)8-19(16(10)22)13-6-7-14(20)18-15(13)21/h5-7,10,15,19H,3,8-9H2,1-2,4H3,(H,20,23);4-6,9,13,18H,3,7-8H2,1-2H3,(H,19,21);3-5,9,13,17H,6-8H2,1-2H3,(H,18,20,21). The van der Waals surface area contributed by atoms with E-state index in [-0.39, 0.29) is 59.6 Å². The molecule has 3 saturated heterocycles. The molecular formula is C51H60N10O8. The normalized spacial score (nSPS) is 20.0. The molecule has 7 amide bonds. The number of rotatable bonds is 9. The van der Waals surface area contributed by atoms with E-state index in [1.165, 1.54) is 4.57 Å². The van der Waals surface area contributed by atoms with Gasteiger partial charge in [-0.2, -0.15) is 0 Å². The average Bonchev–Trinajstić information content (AvgIpc) is 3.74. The number of carbonyl (C=O) groups excluding carboxylic acids is 7. The number of carbonyl (C=O) groups is 7. The summed E-state index contributed by atoms with van der Waals surface area (Å²) < 4.78 is 1.51. The van der Waals surface area contributed by atoms with E-state index in [0.29, 0.717) is 89.1 Å². The van der Waals surface area contributed by atoms with Crippen molar-refractivity contribution in [2.24, 2.45) is 0 Å². The van der Waals surface area contributed by atoms with Crippen LogP contribution in [0.3, 0.4) is 0 Å². The van der Waals surface area contributed by atoms with Crippen LogP contribution in [-0.4, -0.2) is 90.9 Å². The number of imide groups is 2. The summed E-state index contributed by atoms with van der Waals surface area (Å²) in [5, 5.41) is 18.0. The number of hydrogen-bond acceptors (Lipinski definition) is 12. The molecule has 69 heavy (non-hydrogen) atoms. The van der Waals surface area contributed by atoms with Crippen LogP contribution >= 0.6 is 0 Å². The zero-order valence-electron chi connectivity index (χ0n) is 40.1. The van der Waals surface area contributed by atoms with Crippen LogP contribution in [0.5, 0.6) is 0 Å². The fourth-order valence-corrected chi connectivity index (χ4v) is 9.22. The molecule has 9 rings (SSSR count). The molecular weight excluding hydrogens is 881 g/mol. The highest BCUT2D eigenvalue weighted by Crippen LogP contribution is 2.35. The molecule has 362 valence electrons. The molecule has 3 aromatic carbocycles. The molecule has 0 spiro atoms. The van der Waals surface area contributed by atoms with Crippen LogP contribution in [0.4, 0.5) is 17.1 Å². The Labute approximate surface area is 400 Å². The first kappa shape index (κ1) is 49.3. The lowest BCUT2D eigenvalue weighted by atomic mass is 10.0. The number of benzene rings is 3. The Hall–Kier alpha value is -7.63. The molecule has 3 atom stereocenters. The van der Waals surface area contributed by atoms with Gasteiger partial charge in [0.1, 0.15) is 23.9 Å². The Morgan fingerprint density at radius 3 is 1.72 bits per heavy atom. The highest BCUT2D eigenvalue weighted by atomic mass is 16.2. The van der Waals surface area contributed by atoms with Gasteiger partial charge >= 0.3 is 0 Å². The summed E-state index contributed by atoms with van der Waals surface area (Å²) in [6, 6.07) is 15.0. The number of nitrogens with one attached hydrogen (secondary N) is 6. The quantitative estimate of drug-likeness (QED) is 0.112. The number of hydrogen-bond donors (Lipinski definition) is 6. The zero-order valence-corrected chi connectivity index (χ0v) is 40.1. The fraction of sp³-hybridized carbons (Fsp3) is 0.392. The first-order valence-corrected chi connectivity index (χ1v) is 23.3. The van der Waals surface area contributed by atoms with E-state index in [2.05, 4.69) is 50.0 Å². The first-order chi connectivity index (χ1) is 32.7. The maximum atomic E-state index is 13.2. The minimum absolute atomic E-state index is 0.125. The van der Waals surface area contributed by atoms with E-state index in [4.69, 9.17) is 0 Å². The molecule has 5 aliphatic rings. The van der Waals surface area contributed by atoms with Gasteiger partial charge in [-0.1, -0.05) is 31.4 Å². The van der Waals surface area contributed by atoms with Crippen LogP contribution in [0.1, 0.15) is 129 Å². The zero-order chi connectivity index (χ0) is 50.0. The second kappa shape index (κ2) is 20.3. The highest BCUT2D eigenvalue weighted by molar-refractivity contribution is 6.25. The Morgan fingerprint density at radius 1 is 0.594 bits per heavy atom. The van der Waals surface area contributed by atoms with E-state index in [9.17, 15) is 38.4 Å². The lowest BCUT2D eigenvalue weighted by Crippen LogP contribution is -2.52. The molecule has 18 nitrogen and oxygen atoms in total. The monoisotopic (exact) mass is 940 g/mol. The molecule has 18 heteroatoms. The number of nitrogens with zero attached hydrogens (tertiary/aromatic N) is 4. The van der Waals surface area contributed by atoms with Crippen molar-refractivity contribution >= 4 is 69.3 Å². The van der Waals surface area contributed by atoms with Crippen molar-refractivity contribution in [3.63, 3.8) is 0 Å². The lowest BCUT2D eigenvalue weighted by Gasteiger charge is -2.29. The topological polar surface area (TPSA) is 233 Å². The van der Waals surface area contributed by atoms with Crippen LogP contribution in [0, 0.1) is 6.92 Å². The van der Waals surface area contributed by atoms with E-state index < -0.39 is 29.9 Å². The predicted octanol–water partition coefficient (Wildman–Crippen LogP) is 5.65. The lowest BCUT2D eigenvalue weighted by molar-refractivity contribution is -0.137. The average molecular weight is 941 g/mol. The Balaban J connectivity index is 0.000000153. The highest BCUT2D eigenvalue weighted by Gasteiger charge is 2.45. The van der Waals surface area contributed by atoms with E-state index in [1.54, 1.807) is 36.1 Å². The van der Waals surface area contributed by atoms with Gasteiger partial charge in [0, 0.05) is 70.7 Å². The minimum atomic E-state index is -0.778. The van der Waals surface area contributed by atoms with Gasteiger partial charge in [0.05, 0.1) is 22.0 Å². The van der Waals surface area contributed by atoms with Gasteiger partial charge in [-0.15, -0.1) is 0 Å². The number of allylic oxidation sites excluding steroid dienone is 2. The van der Waals surface area contributed by atoms with E-state index >= 15 is 0 Å². The summed E-state index contributed by atoms with van der Waals surface area (Å²) in [6.45, 7) is 21.7. The van der Waals surface area contributed by atoms with Gasteiger partial charge in [0.2, 0.25) is 23.6 Å². The Bertz CT molecular complexity index is 2870. The summed E-state index contributed by atoms with van der Waals surface area (Å²) in [7, 11) is 0. The van der Waals surface area contributed by atoms with Crippen molar-refractivity contribution in [3.05, 3.63) is 118 Å². The molecule has 4 aromatic rings. The van der Waals surface area contributed by atoms with Crippen molar-refractivity contribution in [3.8, 4) is 0 Å². The van der Waals surface area contributed by atoms with Crippen LogP contribution in [-0.2, 0) is 25.7 Å². The number of aromatic nitrogens is 2.